The monoisotopic (exact) mass is 337 g/mol. The molecule has 2 N–H and O–H groups in total. The first-order valence-electron chi connectivity index (χ1n) is 7.46. The fourth-order valence-electron chi connectivity index (χ4n) is 2.28. The number of hydrogen-bond acceptors (Lipinski definition) is 5. The number of aliphatic hydroxyl groups is 1. The molecule has 2 unspecified atom stereocenters. The Morgan fingerprint density at radius 1 is 1.30 bits per heavy atom. The molecule has 0 aliphatic rings. The Kier molecular flexibility index (Phi) is 5.56. The number of rotatable bonds is 7. The molecular weight excluding hydrogens is 314 g/mol. The van der Waals surface area contributed by atoms with Gasteiger partial charge in [-0.15, -0.1) is 0 Å². The van der Waals surface area contributed by atoms with Crippen LogP contribution in [0.25, 0.3) is 0 Å². The van der Waals surface area contributed by atoms with Gasteiger partial charge < -0.3 is 10.4 Å². The molecule has 2 atom stereocenters. The van der Waals surface area contributed by atoms with E-state index in [2.05, 4.69) is 10.4 Å². The summed E-state index contributed by atoms with van der Waals surface area (Å²) >= 11 is 0. The van der Waals surface area contributed by atoms with E-state index < -0.39 is 15.9 Å². The van der Waals surface area contributed by atoms with Crippen molar-refractivity contribution in [2.45, 2.75) is 37.4 Å². The second-order valence-corrected chi connectivity index (χ2v) is 7.92. The van der Waals surface area contributed by atoms with E-state index in [-0.39, 0.29) is 10.9 Å². The van der Waals surface area contributed by atoms with Gasteiger partial charge in [-0.3, -0.25) is 4.68 Å². The molecule has 0 saturated heterocycles. The van der Waals surface area contributed by atoms with Crippen molar-refractivity contribution in [1.29, 1.82) is 0 Å². The van der Waals surface area contributed by atoms with Crippen LogP contribution in [0, 0.1) is 6.92 Å². The molecule has 2 aromatic rings. The van der Waals surface area contributed by atoms with Gasteiger partial charge in [0.05, 0.1) is 23.7 Å². The van der Waals surface area contributed by atoms with Gasteiger partial charge in [0.2, 0.25) is 0 Å². The van der Waals surface area contributed by atoms with Crippen LogP contribution < -0.4 is 5.32 Å². The van der Waals surface area contributed by atoms with Crippen LogP contribution in [0.2, 0.25) is 0 Å². The minimum Gasteiger partial charge on any atom is -0.387 e. The van der Waals surface area contributed by atoms with Gasteiger partial charge in [-0.25, -0.2) is 8.42 Å². The molecule has 0 radical (unpaired) electrons. The number of aliphatic hydroxyl groups excluding tert-OH is 1. The zero-order valence-electron chi connectivity index (χ0n) is 13.6. The van der Waals surface area contributed by atoms with E-state index in [1.165, 1.54) is 18.4 Å². The second kappa shape index (κ2) is 7.25. The maximum atomic E-state index is 11.4. The maximum absolute atomic E-state index is 11.4. The van der Waals surface area contributed by atoms with Crippen LogP contribution in [0.4, 0.5) is 0 Å². The minimum atomic E-state index is -3.21. The quantitative estimate of drug-likeness (QED) is 0.796. The molecule has 1 heterocycles. The molecule has 0 aliphatic heterocycles. The molecule has 23 heavy (non-hydrogen) atoms. The average Bonchev–Trinajstić information content (AvgIpc) is 2.89. The van der Waals surface area contributed by atoms with Crippen molar-refractivity contribution in [2.24, 2.45) is 0 Å². The number of nitrogens with zero attached hydrogens (tertiary/aromatic N) is 2. The third kappa shape index (κ3) is 5.16. The number of aromatic nitrogens is 2. The molecular formula is C16H23N3O3S. The summed E-state index contributed by atoms with van der Waals surface area (Å²) < 4.78 is 24.7. The fourth-order valence-corrected chi connectivity index (χ4v) is 2.91. The number of hydrogen-bond donors (Lipinski definition) is 2. The molecule has 1 aromatic carbocycles. The van der Waals surface area contributed by atoms with Crippen LogP contribution in [0.5, 0.6) is 0 Å². The van der Waals surface area contributed by atoms with Crippen molar-refractivity contribution in [3.8, 4) is 0 Å². The molecule has 0 bridgehead atoms. The average molecular weight is 337 g/mol. The summed E-state index contributed by atoms with van der Waals surface area (Å²) in [5.74, 6) is 0. The van der Waals surface area contributed by atoms with Crippen molar-refractivity contribution >= 4 is 9.84 Å². The van der Waals surface area contributed by atoms with E-state index >= 15 is 0 Å². The normalized spacial score (nSPS) is 14.6. The Balaban J connectivity index is 1.87. The van der Waals surface area contributed by atoms with Gasteiger partial charge in [-0.2, -0.15) is 5.10 Å². The zero-order valence-corrected chi connectivity index (χ0v) is 14.4. The van der Waals surface area contributed by atoms with Gasteiger partial charge in [0, 0.05) is 25.0 Å². The molecule has 0 aliphatic carbocycles. The molecule has 0 saturated carbocycles. The summed E-state index contributed by atoms with van der Waals surface area (Å²) in [7, 11) is -3.21. The Labute approximate surface area is 137 Å². The molecule has 0 fully saturated rings. The highest BCUT2D eigenvalue weighted by Crippen LogP contribution is 2.16. The SMILES string of the molecule is Cc1cnn(CC(C)NCC(O)c2ccc(S(C)(=O)=O)cc2)c1. The second-order valence-electron chi connectivity index (χ2n) is 5.91. The van der Waals surface area contributed by atoms with E-state index in [4.69, 9.17) is 0 Å². The van der Waals surface area contributed by atoms with Crippen molar-refractivity contribution in [1.82, 2.24) is 15.1 Å². The summed E-state index contributed by atoms with van der Waals surface area (Å²) in [5.41, 5.74) is 1.80. The third-order valence-corrected chi connectivity index (χ3v) is 4.70. The van der Waals surface area contributed by atoms with Gasteiger partial charge in [0.25, 0.3) is 0 Å². The predicted molar refractivity (Wildman–Crippen MR) is 88.9 cm³/mol. The zero-order chi connectivity index (χ0) is 17.0. The molecule has 0 amide bonds. The van der Waals surface area contributed by atoms with Gasteiger partial charge in [0.15, 0.2) is 9.84 Å². The van der Waals surface area contributed by atoms with E-state index in [0.717, 1.165) is 5.56 Å². The summed E-state index contributed by atoms with van der Waals surface area (Å²) in [6, 6.07) is 6.47. The van der Waals surface area contributed by atoms with Crippen molar-refractivity contribution < 1.29 is 13.5 Å². The highest BCUT2D eigenvalue weighted by Gasteiger charge is 2.12. The maximum Gasteiger partial charge on any atom is 0.175 e. The smallest absolute Gasteiger partial charge is 0.175 e. The molecule has 2 rings (SSSR count). The Bertz CT molecular complexity index is 738. The van der Waals surface area contributed by atoms with E-state index in [0.29, 0.717) is 18.7 Å². The highest BCUT2D eigenvalue weighted by molar-refractivity contribution is 7.90. The first kappa shape index (κ1) is 17.7. The van der Waals surface area contributed by atoms with Gasteiger partial charge in [0.1, 0.15) is 0 Å². The van der Waals surface area contributed by atoms with Crippen molar-refractivity contribution in [3.63, 3.8) is 0 Å². The van der Waals surface area contributed by atoms with Gasteiger partial charge in [-0.1, -0.05) is 12.1 Å². The molecule has 126 valence electrons. The Hall–Kier alpha value is -1.70. The van der Waals surface area contributed by atoms with Crippen LogP contribution in [0.1, 0.15) is 24.2 Å². The van der Waals surface area contributed by atoms with Gasteiger partial charge in [-0.05, 0) is 37.1 Å². The third-order valence-electron chi connectivity index (χ3n) is 3.58. The number of nitrogens with one attached hydrogen (secondary N) is 1. The molecule has 7 heteroatoms. The standard InChI is InChI=1S/C16H23N3O3S/c1-12-8-18-19(10-12)11-13(2)17-9-16(20)14-4-6-15(7-5-14)23(3,21)22/h4-8,10,13,16-17,20H,9,11H2,1-3H3. The summed E-state index contributed by atoms with van der Waals surface area (Å²) in [5, 5.41) is 17.7. The first-order chi connectivity index (χ1) is 10.8. The number of aryl methyl sites for hydroxylation is 1. The van der Waals surface area contributed by atoms with Gasteiger partial charge >= 0.3 is 0 Å². The lowest BCUT2D eigenvalue weighted by Crippen LogP contribution is -2.33. The summed E-state index contributed by atoms with van der Waals surface area (Å²) in [4.78, 5) is 0.254. The first-order valence-corrected chi connectivity index (χ1v) is 9.35. The molecule has 0 spiro atoms. The molecule has 1 aromatic heterocycles. The van der Waals surface area contributed by atoms with Crippen LogP contribution in [-0.4, -0.2) is 42.1 Å². The van der Waals surface area contributed by atoms with Crippen LogP contribution >= 0.6 is 0 Å². The lowest BCUT2D eigenvalue weighted by atomic mass is 10.1. The predicted octanol–water partition coefficient (Wildman–Crippen LogP) is 1.31. The lowest BCUT2D eigenvalue weighted by Gasteiger charge is -2.17. The fraction of sp³-hybridized carbons (Fsp3) is 0.438. The van der Waals surface area contributed by atoms with Crippen LogP contribution in [-0.2, 0) is 16.4 Å². The minimum absolute atomic E-state index is 0.152. The highest BCUT2D eigenvalue weighted by atomic mass is 32.2. The summed E-state index contributed by atoms with van der Waals surface area (Å²) in [6.07, 6.45) is 4.26. The Morgan fingerprint density at radius 2 is 1.96 bits per heavy atom. The Morgan fingerprint density at radius 3 is 2.48 bits per heavy atom. The van der Waals surface area contributed by atoms with E-state index in [1.54, 1.807) is 12.1 Å². The van der Waals surface area contributed by atoms with E-state index in [9.17, 15) is 13.5 Å². The topological polar surface area (TPSA) is 84.2 Å². The van der Waals surface area contributed by atoms with Crippen molar-refractivity contribution in [2.75, 3.05) is 12.8 Å². The lowest BCUT2D eigenvalue weighted by molar-refractivity contribution is 0.169. The summed E-state index contributed by atoms with van der Waals surface area (Å²) in [6.45, 7) is 5.12. The largest absolute Gasteiger partial charge is 0.387 e. The van der Waals surface area contributed by atoms with Crippen LogP contribution in [0.15, 0.2) is 41.6 Å². The number of benzene rings is 1. The van der Waals surface area contributed by atoms with Crippen LogP contribution in [0.3, 0.4) is 0 Å². The van der Waals surface area contributed by atoms with E-state index in [1.807, 2.05) is 30.9 Å². The number of sulfone groups is 1. The molecule has 6 nitrogen and oxygen atoms in total. The van der Waals surface area contributed by atoms with Crippen molar-refractivity contribution in [3.05, 3.63) is 47.8 Å².